The van der Waals surface area contributed by atoms with Crippen LogP contribution in [0.15, 0.2) is 0 Å². The molecule has 1 unspecified atom stereocenters. The minimum Gasteiger partial charge on any atom is -0.314 e. The molecule has 18 heavy (non-hydrogen) atoms. The summed E-state index contributed by atoms with van der Waals surface area (Å²) in [6, 6.07) is 0.830. The van der Waals surface area contributed by atoms with Crippen molar-refractivity contribution >= 4 is 0 Å². The lowest BCUT2D eigenvalue weighted by atomic mass is 9.82. The maximum absolute atomic E-state index is 3.84. The van der Waals surface area contributed by atoms with Crippen molar-refractivity contribution in [1.29, 1.82) is 0 Å². The number of rotatable bonds is 7. The van der Waals surface area contributed by atoms with Crippen molar-refractivity contribution in [2.75, 3.05) is 6.54 Å². The van der Waals surface area contributed by atoms with Gasteiger partial charge in [0.05, 0.1) is 0 Å². The van der Waals surface area contributed by atoms with Gasteiger partial charge in [0.2, 0.25) is 0 Å². The van der Waals surface area contributed by atoms with Crippen molar-refractivity contribution in [2.45, 2.75) is 90.0 Å². The summed E-state index contributed by atoms with van der Waals surface area (Å²) in [7, 11) is 0. The predicted octanol–water partition coefficient (Wildman–Crippen LogP) is 4.91. The van der Waals surface area contributed by atoms with Crippen LogP contribution in [0.2, 0.25) is 0 Å². The molecule has 1 N–H and O–H groups in total. The minimum atomic E-state index is 0.830. The zero-order chi connectivity index (χ0) is 12.6. The van der Waals surface area contributed by atoms with E-state index in [1.807, 2.05) is 0 Å². The average Bonchev–Trinajstić information content (AvgIpc) is 2.90. The second-order valence-corrected chi connectivity index (χ2v) is 6.78. The van der Waals surface area contributed by atoms with E-state index in [2.05, 4.69) is 12.2 Å². The monoisotopic (exact) mass is 251 g/mol. The molecule has 1 heteroatoms. The van der Waals surface area contributed by atoms with Crippen molar-refractivity contribution in [2.24, 2.45) is 11.8 Å². The van der Waals surface area contributed by atoms with E-state index in [9.17, 15) is 0 Å². The van der Waals surface area contributed by atoms with Gasteiger partial charge in [0.1, 0.15) is 0 Å². The molecular formula is C17H33N. The van der Waals surface area contributed by atoms with Gasteiger partial charge in [-0.3, -0.25) is 0 Å². The van der Waals surface area contributed by atoms with Gasteiger partial charge >= 0.3 is 0 Å². The zero-order valence-corrected chi connectivity index (χ0v) is 12.4. The molecule has 0 heterocycles. The highest BCUT2D eigenvalue weighted by atomic mass is 14.9. The molecule has 2 fully saturated rings. The smallest absolute Gasteiger partial charge is 0.00723 e. The first-order valence-corrected chi connectivity index (χ1v) is 8.62. The van der Waals surface area contributed by atoms with Crippen LogP contribution < -0.4 is 5.32 Å². The highest BCUT2D eigenvalue weighted by Crippen LogP contribution is 2.32. The summed E-state index contributed by atoms with van der Waals surface area (Å²) in [5.74, 6) is 2.08. The number of hydrogen-bond donors (Lipinski definition) is 1. The van der Waals surface area contributed by atoms with Gasteiger partial charge in [0.25, 0.3) is 0 Å². The third-order valence-electron chi connectivity index (χ3n) is 5.12. The molecule has 2 rings (SSSR count). The van der Waals surface area contributed by atoms with Gasteiger partial charge < -0.3 is 5.32 Å². The fraction of sp³-hybridized carbons (Fsp3) is 1.00. The second kappa shape index (κ2) is 8.19. The molecule has 2 aliphatic rings. The normalized spacial score (nSPS) is 24.5. The van der Waals surface area contributed by atoms with Gasteiger partial charge in [-0.25, -0.2) is 0 Å². The zero-order valence-electron chi connectivity index (χ0n) is 12.4. The predicted molar refractivity (Wildman–Crippen MR) is 79.8 cm³/mol. The first-order chi connectivity index (χ1) is 8.88. The molecule has 1 atom stereocenters. The van der Waals surface area contributed by atoms with Crippen LogP contribution in [0.3, 0.4) is 0 Å². The maximum atomic E-state index is 3.84. The SMILES string of the molecule is CCCNC(CC1CCCCC1)CC1CCCC1. The van der Waals surface area contributed by atoms with Crippen LogP contribution in [0.25, 0.3) is 0 Å². The fourth-order valence-corrected chi connectivity index (χ4v) is 4.08. The summed E-state index contributed by atoms with van der Waals surface area (Å²) in [5.41, 5.74) is 0. The topological polar surface area (TPSA) is 12.0 Å². The quantitative estimate of drug-likeness (QED) is 0.678. The minimum absolute atomic E-state index is 0.830. The molecule has 2 saturated carbocycles. The number of hydrogen-bond acceptors (Lipinski definition) is 1. The van der Waals surface area contributed by atoms with E-state index in [1.54, 1.807) is 0 Å². The van der Waals surface area contributed by atoms with E-state index < -0.39 is 0 Å². The summed E-state index contributed by atoms with van der Waals surface area (Å²) in [4.78, 5) is 0. The van der Waals surface area contributed by atoms with E-state index in [1.165, 1.54) is 83.6 Å². The highest BCUT2D eigenvalue weighted by molar-refractivity contribution is 4.79. The molecule has 0 aromatic heterocycles. The highest BCUT2D eigenvalue weighted by Gasteiger charge is 2.23. The van der Waals surface area contributed by atoms with Gasteiger partial charge in [0.15, 0.2) is 0 Å². The Morgan fingerprint density at radius 2 is 1.33 bits per heavy atom. The summed E-state index contributed by atoms with van der Waals surface area (Å²) >= 11 is 0. The molecule has 0 aromatic carbocycles. The van der Waals surface area contributed by atoms with Crippen LogP contribution in [-0.2, 0) is 0 Å². The van der Waals surface area contributed by atoms with E-state index in [0.717, 1.165) is 17.9 Å². The van der Waals surface area contributed by atoms with Crippen LogP contribution >= 0.6 is 0 Å². The number of nitrogens with one attached hydrogen (secondary N) is 1. The largest absolute Gasteiger partial charge is 0.314 e. The Hall–Kier alpha value is -0.0400. The van der Waals surface area contributed by atoms with Crippen LogP contribution in [0.5, 0.6) is 0 Å². The van der Waals surface area contributed by atoms with Crippen molar-refractivity contribution in [3.05, 3.63) is 0 Å². The molecule has 0 bridgehead atoms. The summed E-state index contributed by atoms with van der Waals surface area (Å²) in [6.45, 7) is 3.52. The third kappa shape index (κ3) is 4.91. The Labute approximate surface area is 114 Å². The fourth-order valence-electron chi connectivity index (χ4n) is 4.08. The molecule has 106 valence electrons. The molecular weight excluding hydrogens is 218 g/mol. The van der Waals surface area contributed by atoms with Gasteiger partial charge in [-0.15, -0.1) is 0 Å². The van der Waals surface area contributed by atoms with Crippen molar-refractivity contribution < 1.29 is 0 Å². The van der Waals surface area contributed by atoms with E-state index in [0.29, 0.717) is 0 Å². The molecule has 0 amide bonds. The molecule has 0 aromatic rings. The summed E-state index contributed by atoms with van der Waals surface area (Å²) < 4.78 is 0. The Bertz CT molecular complexity index is 202. The van der Waals surface area contributed by atoms with Gasteiger partial charge in [-0.1, -0.05) is 64.7 Å². The first kappa shape index (κ1) is 14.4. The third-order valence-corrected chi connectivity index (χ3v) is 5.12. The van der Waals surface area contributed by atoms with Crippen LogP contribution in [-0.4, -0.2) is 12.6 Å². The molecule has 0 aliphatic heterocycles. The van der Waals surface area contributed by atoms with Crippen LogP contribution in [0.4, 0.5) is 0 Å². The standard InChI is InChI=1S/C17H33N/c1-2-12-18-17(14-16-10-6-7-11-16)13-15-8-4-3-5-9-15/h15-18H,2-14H2,1H3. The van der Waals surface area contributed by atoms with Gasteiger partial charge in [-0.2, -0.15) is 0 Å². The summed E-state index contributed by atoms with van der Waals surface area (Å²) in [5, 5.41) is 3.84. The first-order valence-electron chi connectivity index (χ1n) is 8.62. The van der Waals surface area contributed by atoms with Gasteiger partial charge in [0, 0.05) is 6.04 Å². The molecule has 0 radical (unpaired) electrons. The Balaban J connectivity index is 1.74. The molecule has 2 aliphatic carbocycles. The Morgan fingerprint density at radius 1 is 0.833 bits per heavy atom. The molecule has 1 nitrogen and oxygen atoms in total. The molecule has 0 spiro atoms. The summed E-state index contributed by atoms with van der Waals surface area (Å²) in [6.07, 6.45) is 17.7. The van der Waals surface area contributed by atoms with E-state index >= 15 is 0 Å². The van der Waals surface area contributed by atoms with Crippen LogP contribution in [0, 0.1) is 11.8 Å². The van der Waals surface area contributed by atoms with Gasteiger partial charge in [-0.05, 0) is 37.6 Å². The lowest BCUT2D eigenvalue weighted by molar-refractivity contribution is 0.271. The van der Waals surface area contributed by atoms with Crippen LogP contribution in [0.1, 0.15) is 84.0 Å². The Morgan fingerprint density at radius 3 is 1.83 bits per heavy atom. The van der Waals surface area contributed by atoms with Crippen molar-refractivity contribution in [3.8, 4) is 0 Å². The lowest BCUT2D eigenvalue weighted by Crippen LogP contribution is -2.34. The van der Waals surface area contributed by atoms with Crippen molar-refractivity contribution in [3.63, 3.8) is 0 Å². The van der Waals surface area contributed by atoms with E-state index in [-0.39, 0.29) is 0 Å². The Kier molecular flexibility index (Phi) is 6.54. The average molecular weight is 251 g/mol. The molecule has 0 saturated heterocycles. The van der Waals surface area contributed by atoms with E-state index in [4.69, 9.17) is 0 Å². The lowest BCUT2D eigenvalue weighted by Gasteiger charge is -2.29. The second-order valence-electron chi connectivity index (χ2n) is 6.78. The maximum Gasteiger partial charge on any atom is 0.00723 e. The van der Waals surface area contributed by atoms with Crippen molar-refractivity contribution in [1.82, 2.24) is 5.32 Å².